The molecular weight excluding hydrogens is 312 g/mol. The van der Waals surface area contributed by atoms with Gasteiger partial charge in [0.2, 0.25) is 10.0 Å². The lowest BCUT2D eigenvalue weighted by Gasteiger charge is -2.34. The molecule has 0 saturated heterocycles. The first kappa shape index (κ1) is 16.0. The highest BCUT2D eigenvalue weighted by molar-refractivity contribution is 7.89. The Bertz CT molecular complexity index is 850. The van der Waals surface area contributed by atoms with Crippen LogP contribution in [0.15, 0.2) is 41.3 Å². The molecule has 0 bridgehead atoms. The number of hydrogen-bond donors (Lipinski definition) is 0. The van der Waals surface area contributed by atoms with E-state index in [0.29, 0.717) is 18.7 Å². The summed E-state index contributed by atoms with van der Waals surface area (Å²) in [6.45, 7) is 6.50. The highest BCUT2D eigenvalue weighted by Gasteiger charge is 2.34. The van der Waals surface area contributed by atoms with Gasteiger partial charge in [-0.2, -0.15) is 4.31 Å². The van der Waals surface area contributed by atoms with Crippen LogP contribution in [0.2, 0.25) is 0 Å². The van der Waals surface area contributed by atoms with Crippen molar-refractivity contribution >= 4 is 15.8 Å². The van der Waals surface area contributed by atoms with Crippen LogP contribution in [0.5, 0.6) is 0 Å². The van der Waals surface area contributed by atoms with Crippen LogP contribution < -0.4 is 0 Å². The van der Waals surface area contributed by atoms with Crippen LogP contribution in [0, 0.1) is 6.92 Å². The van der Waals surface area contributed by atoms with Crippen LogP contribution >= 0.6 is 0 Å². The summed E-state index contributed by atoms with van der Waals surface area (Å²) in [7, 11) is -3.58. The van der Waals surface area contributed by atoms with Crippen molar-refractivity contribution in [3.63, 3.8) is 0 Å². The Balaban J connectivity index is 1.95. The molecule has 2 aromatic rings. The maximum absolute atomic E-state index is 12.9. The molecule has 23 heavy (non-hydrogen) atoms. The number of aromatic nitrogens is 1. The van der Waals surface area contributed by atoms with E-state index < -0.39 is 10.0 Å². The van der Waals surface area contributed by atoms with E-state index in [0.717, 1.165) is 11.4 Å². The van der Waals surface area contributed by atoms with Gasteiger partial charge in [-0.3, -0.25) is 4.79 Å². The Morgan fingerprint density at radius 2 is 1.74 bits per heavy atom. The van der Waals surface area contributed by atoms with Crippen molar-refractivity contribution in [3.8, 4) is 0 Å². The quantitative estimate of drug-likeness (QED) is 0.812. The van der Waals surface area contributed by atoms with Gasteiger partial charge >= 0.3 is 0 Å². The molecule has 0 unspecified atom stereocenters. The van der Waals surface area contributed by atoms with Crippen LogP contribution in [0.4, 0.5) is 0 Å². The lowest BCUT2D eigenvalue weighted by molar-refractivity contribution is 0.101. The maximum atomic E-state index is 12.9. The third-order valence-corrected chi connectivity index (χ3v) is 6.49. The first-order chi connectivity index (χ1) is 10.8. The van der Waals surface area contributed by atoms with E-state index in [-0.39, 0.29) is 16.7 Å². The van der Waals surface area contributed by atoms with Crippen LogP contribution in [0.25, 0.3) is 0 Å². The number of benzene rings is 1. The normalized spacial score (nSPS) is 18.7. The molecule has 1 aliphatic heterocycles. The molecular formula is C17H20N2O3S. The van der Waals surface area contributed by atoms with Gasteiger partial charge in [-0.1, -0.05) is 12.1 Å². The smallest absolute Gasteiger partial charge is 0.243 e. The zero-order valence-corrected chi connectivity index (χ0v) is 14.3. The number of fused-ring (bicyclic) bond motifs is 1. The van der Waals surface area contributed by atoms with Gasteiger partial charge in [0, 0.05) is 30.0 Å². The summed E-state index contributed by atoms with van der Waals surface area (Å²) in [5.41, 5.74) is 2.67. The predicted octanol–water partition coefficient (Wildman–Crippen LogP) is 2.76. The predicted molar refractivity (Wildman–Crippen MR) is 87.9 cm³/mol. The monoisotopic (exact) mass is 332 g/mol. The number of ketones is 1. The fraction of sp³-hybridized carbons (Fsp3) is 0.353. The highest BCUT2D eigenvalue weighted by Crippen LogP contribution is 2.32. The molecule has 122 valence electrons. The molecule has 1 aliphatic rings. The summed E-state index contributed by atoms with van der Waals surface area (Å²) < 4.78 is 29.5. The molecule has 2 heterocycles. The van der Waals surface area contributed by atoms with Crippen LogP contribution in [-0.4, -0.2) is 29.6 Å². The van der Waals surface area contributed by atoms with Crippen molar-refractivity contribution in [1.82, 2.24) is 8.87 Å². The average Bonchev–Trinajstić information content (AvgIpc) is 2.90. The first-order valence-electron chi connectivity index (χ1n) is 7.61. The van der Waals surface area contributed by atoms with Gasteiger partial charge in [-0.05, 0) is 45.0 Å². The van der Waals surface area contributed by atoms with E-state index in [4.69, 9.17) is 0 Å². The van der Waals surface area contributed by atoms with Crippen LogP contribution in [0.1, 0.15) is 41.6 Å². The van der Waals surface area contributed by atoms with Gasteiger partial charge in [0.1, 0.15) is 0 Å². The number of hydrogen-bond acceptors (Lipinski definition) is 3. The lowest BCUT2D eigenvalue weighted by Crippen LogP contribution is -2.41. The van der Waals surface area contributed by atoms with E-state index in [9.17, 15) is 13.2 Å². The Morgan fingerprint density at radius 3 is 2.35 bits per heavy atom. The lowest BCUT2D eigenvalue weighted by atomic mass is 10.2. The number of Topliss-reactive ketones (excluding diaryl/α,β-unsaturated/α-hetero) is 1. The van der Waals surface area contributed by atoms with Gasteiger partial charge in [-0.25, -0.2) is 8.42 Å². The van der Waals surface area contributed by atoms with Gasteiger partial charge in [-0.15, -0.1) is 0 Å². The van der Waals surface area contributed by atoms with Crippen molar-refractivity contribution in [2.24, 2.45) is 0 Å². The number of rotatable bonds is 3. The van der Waals surface area contributed by atoms with Gasteiger partial charge in [0.05, 0.1) is 10.9 Å². The first-order valence-corrected chi connectivity index (χ1v) is 9.05. The summed E-state index contributed by atoms with van der Waals surface area (Å²) in [6.07, 6.45) is 0. The molecule has 1 aromatic heterocycles. The third-order valence-electron chi connectivity index (χ3n) is 4.50. The zero-order chi connectivity index (χ0) is 16.8. The highest BCUT2D eigenvalue weighted by atomic mass is 32.2. The molecule has 0 radical (unpaired) electrons. The molecule has 0 fully saturated rings. The van der Waals surface area contributed by atoms with Gasteiger partial charge < -0.3 is 4.57 Å². The minimum atomic E-state index is -3.58. The summed E-state index contributed by atoms with van der Waals surface area (Å²) in [6, 6.07) is 9.95. The standard InChI is InChI=1S/C17H20N2O3S/c1-12-4-9-17-13(2)19(11-10-18(12)17)23(21,22)16-7-5-15(6-8-16)14(3)20/h4-9,13H,10-11H2,1-3H3/t13-/m1/s1. The molecule has 0 amide bonds. The van der Waals surface area contributed by atoms with Crippen LogP contribution in [-0.2, 0) is 16.6 Å². The molecule has 1 atom stereocenters. The van der Waals surface area contributed by atoms with E-state index >= 15 is 0 Å². The summed E-state index contributed by atoms with van der Waals surface area (Å²) in [5.74, 6) is -0.0754. The molecule has 1 aromatic carbocycles. The van der Waals surface area contributed by atoms with Crippen LogP contribution in [0.3, 0.4) is 0 Å². The second-order valence-corrected chi connectivity index (χ2v) is 7.81. The fourth-order valence-electron chi connectivity index (χ4n) is 3.12. The zero-order valence-electron chi connectivity index (χ0n) is 13.5. The molecule has 0 N–H and O–H groups in total. The molecule has 0 aliphatic carbocycles. The third kappa shape index (κ3) is 2.62. The Hall–Kier alpha value is -1.92. The van der Waals surface area contributed by atoms with Crippen molar-refractivity contribution in [3.05, 3.63) is 53.3 Å². The SMILES string of the molecule is CC(=O)c1ccc(S(=O)(=O)N2CCn3c(C)ccc3[C@H]2C)cc1. The van der Waals surface area contributed by atoms with Gasteiger partial charge in [0.15, 0.2) is 5.78 Å². The van der Waals surface area contributed by atoms with Gasteiger partial charge in [0.25, 0.3) is 0 Å². The summed E-state index contributed by atoms with van der Waals surface area (Å²) >= 11 is 0. The molecule has 3 rings (SSSR count). The van der Waals surface area contributed by atoms with Crippen molar-refractivity contribution in [1.29, 1.82) is 0 Å². The van der Waals surface area contributed by atoms with Crippen molar-refractivity contribution in [2.45, 2.75) is 38.3 Å². The summed E-state index contributed by atoms with van der Waals surface area (Å²) in [5, 5.41) is 0. The molecule has 5 nitrogen and oxygen atoms in total. The number of aryl methyl sites for hydroxylation is 1. The number of carbonyl (C=O) groups is 1. The summed E-state index contributed by atoms with van der Waals surface area (Å²) in [4.78, 5) is 11.6. The Labute approximate surface area is 136 Å². The van der Waals surface area contributed by atoms with E-state index in [2.05, 4.69) is 4.57 Å². The topological polar surface area (TPSA) is 59.4 Å². The number of carbonyl (C=O) groups excluding carboxylic acids is 1. The van der Waals surface area contributed by atoms with Crippen molar-refractivity contribution < 1.29 is 13.2 Å². The number of nitrogens with zero attached hydrogens (tertiary/aromatic N) is 2. The molecule has 0 saturated carbocycles. The van der Waals surface area contributed by atoms with E-state index in [1.165, 1.54) is 23.4 Å². The Morgan fingerprint density at radius 1 is 1.09 bits per heavy atom. The minimum absolute atomic E-state index is 0.0754. The minimum Gasteiger partial charge on any atom is -0.346 e. The Kier molecular flexibility index (Phi) is 3.90. The second kappa shape index (κ2) is 5.62. The largest absolute Gasteiger partial charge is 0.346 e. The molecule has 0 spiro atoms. The van der Waals surface area contributed by atoms with E-state index in [1.807, 2.05) is 26.0 Å². The molecule has 6 heteroatoms. The van der Waals surface area contributed by atoms with E-state index in [1.54, 1.807) is 12.1 Å². The average molecular weight is 332 g/mol. The second-order valence-electron chi connectivity index (χ2n) is 5.92. The van der Waals surface area contributed by atoms with Crippen molar-refractivity contribution in [2.75, 3.05) is 6.54 Å². The fourth-order valence-corrected chi connectivity index (χ4v) is 4.72. The number of sulfonamides is 1. The maximum Gasteiger partial charge on any atom is 0.243 e.